The van der Waals surface area contributed by atoms with E-state index in [1.807, 2.05) is 0 Å². The molecular weight excluding hydrogens is 272 g/mol. The Morgan fingerprint density at radius 3 is 2.40 bits per heavy atom. The van der Waals surface area contributed by atoms with Gasteiger partial charge in [0.05, 0.1) is 11.8 Å². The van der Waals surface area contributed by atoms with Crippen molar-refractivity contribution in [3.63, 3.8) is 0 Å². The number of hydrogen-bond acceptors (Lipinski definition) is 3. The Kier molecular flexibility index (Phi) is 4.01. The molecule has 0 aliphatic heterocycles. The summed E-state index contributed by atoms with van der Waals surface area (Å²) in [5, 5.41) is 18.8. The van der Waals surface area contributed by atoms with Crippen LogP contribution in [0.15, 0.2) is 12.1 Å². The van der Waals surface area contributed by atoms with Gasteiger partial charge in [-0.1, -0.05) is 22.0 Å². The Bertz CT molecular complexity index is 362. The molecule has 0 radical (unpaired) electrons. The van der Waals surface area contributed by atoms with Gasteiger partial charge in [0.15, 0.2) is 11.6 Å². The predicted molar refractivity (Wildman–Crippen MR) is 55.5 cm³/mol. The summed E-state index contributed by atoms with van der Waals surface area (Å²) in [5.41, 5.74) is 4.48. The van der Waals surface area contributed by atoms with Gasteiger partial charge in [-0.15, -0.1) is 0 Å². The van der Waals surface area contributed by atoms with E-state index in [0.717, 1.165) is 12.1 Å². The molecule has 0 fully saturated rings. The second-order valence-electron chi connectivity index (χ2n) is 3.04. The Balaban J connectivity index is 3.10. The lowest BCUT2D eigenvalue weighted by Gasteiger charge is -2.17. The van der Waals surface area contributed by atoms with Crippen molar-refractivity contribution in [3.8, 4) is 0 Å². The molecule has 0 amide bonds. The molecule has 84 valence electrons. The first kappa shape index (κ1) is 12.4. The topological polar surface area (TPSA) is 66.5 Å². The highest BCUT2D eigenvalue weighted by molar-refractivity contribution is 9.09. The first-order valence-electron chi connectivity index (χ1n) is 4.14. The van der Waals surface area contributed by atoms with Crippen LogP contribution in [0.2, 0.25) is 0 Å². The Hall–Kier alpha value is -0.720. The first-order valence-corrected chi connectivity index (χ1v) is 5.26. The van der Waals surface area contributed by atoms with Crippen LogP contribution in [-0.4, -0.2) is 21.6 Å². The van der Waals surface area contributed by atoms with Crippen molar-refractivity contribution in [1.29, 1.82) is 0 Å². The molecule has 1 rings (SSSR count). The van der Waals surface area contributed by atoms with Crippen molar-refractivity contribution in [2.75, 3.05) is 11.1 Å². The maximum absolute atomic E-state index is 13.3. The van der Waals surface area contributed by atoms with Gasteiger partial charge < -0.3 is 15.9 Å². The first-order chi connectivity index (χ1) is 6.99. The van der Waals surface area contributed by atoms with Crippen LogP contribution in [0.4, 0.5) is 14.5 Å². The average molecular weight is 282 g/mol. The molecule has 0 saturated heterocycles. The molecule has 6 heteroatoms. The molecule has 3 nitrogen and oxygen atoms in total. The largest absolute Gasteiger partial charge is 0.396 e. The summed E-state index contributed by atoms with van der Waals surface area (Å²) < 4.78 is 26.3. The quantitative estimate of drug-likeness (QED) is 0.579. The van der Waals surface area contributed by atoms with E-state index in [1.54, 1.807) is 0 Å². The molecule has 0 spiro atoms. The minimum absolute atomic E-state index is 0.0552. The molecule has 1 aromatic carbocycles. The van der Waals surface area contributed by atoms with Crippen LogP contribution in [0.1, 0.15) is 11.7 Å². The summed E-state index contributed by atoms with van der Waals surface area (Å²) in [6.45, 7) is 0. The van der Waals surface area contributed by atoms with E-state index in [0.29, 0.717) is 0 Å². The standard InChI is InChI=1S/C9H10BrF2NO2/c10-3-6(14)9(15)4-1-2-5(13)8(12)7(4)11/h1-2,6,9,14-15H,3,13H2. The second-order valence-corrected chi connectivity index (χ2v) is 3.69. The van der Waals surface area contributed by atoms with Crippen LogP contribution in [0, 0.1) is 11.6 Å². The van der Waals surface area contributed by atoms with Gasteiger partial charge in [0.25, 0.3) is 0 Å². The number of rotatable bonds is 3. The van der Waals surface area contributed by atoms with Crippen LogP contribution < -0.4 is 5.73 Å². The van der Waals surface area contributed by atoms with Gasteiger partial charge in [-0.05, 0) is 6.07 Å². The van der Waals surface area contributed by atoms with Gasteiger partial charge in [0.1, 0.15) is 6.10 Å². The number of alkyl halides is 1. The third kappa shape index (κ3) is 2.45. The molecule has 1 aromatic rings. The number of halogens is 3. The molecule has 0 bridgehead atoms. The molecule has 0 heterocycles. The molecule has 2 unspecified atom stereocenters. The third-order valence-electron chi connectivity index (χ3n) is 1.98. The molecule has 0 saturated carbocycles. The van der Waals surface area contributed by atoms with Gasteiger partial charge in [-0.25, -0.2) is 8.78 Å². The van der Waals surface area contributed by atoms with Gasteiger partial charge >= 0.3 is 0 Å². The van der Waals surface area contributed by atoms with Gasteiger partial charge in [0, 0.05) is 10.9 Å². The molecular formula is C9H10BrF2NO2. The van der Waals surface area contributed by atoms with Crippen molar-refractivity contribution in [3.05, 3.63) is 29.3 Å². The Morgan fingerprint density at radius 2 is 1.87 bits per heavy atom. The molecule has 0 aliphatic carbocycles. The number of nitrogens with two attached hydrogens (primary N) is 1. The zero-order valence-electron chi connectivity index (χ0n) is 7.62. The third-order valence-corrected chi connectivity index (χ3v) is 2.65. The van der Waals surface area contributed by atoms with Crippen LogP contribution in [0.25, 0.3) is 0 Å². The zero-order chi connectivity index (χ0) is 11.6. The maximum atomic E-state index is 13.3. The minimum Gasteiger partial charge on any atom is -0.396 e. The maximum Gasteiger partial charge on any atom is 0.182 e. The highest BCUT2D eigenvalue weighted by atomic mass is 79.9. The minimum atomic E-state index is -1.49. The molecule has 0 aromatic heterocycles. The van der Waals surface area contributed by atoms with E-state index in [1.165, 1.54) is 0 Å². The Morgan fingerprint density at radius 1 is 1.27 bits per heavy atom. The Labute approximate surface area is 93.7 Å². The molecule has 0 aliphatic rings. The number of anilines is 1. The summed E-state index contributed by atoms with van der Waals surface area (Å²) in [4.78, 5) is 0. The fourth-order valence-electron chi connectivity index (χ4n) is 1.10. The highest BCUT2D eigenvalue weighted by Crippen LogP contribution is 2.25. The van der Waals surface area contributed by atoms with E-state index in [9.17, 15) is 19.0 Å². The molecule has 2 atom stereocenters. The molecule has 4 N–H and O–H groups in total. The zero-order valence-corrected chi connectivity index (χ0v) is 9.21. The summed E-state index contributed by atoms with van der Waals surface area (Å²) in [6.07, 6.45) is -2.69. The van der Waals surface area contributed by atoms with Crippen molar-refractivity contribution >= 4 is 21.6 Å². The van der Waals surface area contributed by atoms with Crippen LogP contribution in [-0.2, 0) is 0 Å². The van der Waals surface area contributed by atoms with Crippen LogP contribution >= 0.6 is 15.9 Å². The SMILES string of the molecule is Nc1ccc(C(O)C(O)CBr)c(F)c1F. The van der Waals surface area contributed by atoms with Gasteiger partial charge in [-0.3, -0.25) is 0 Å². The summed E-state index contributed by atoms with van der Waals surface area (Å²) in [7, 11) is 0. The van der Waals surface area contributed by atoms with Crippen molar-refractivity contribution in [1.82, 2.24) is 0 Å². The predicted octanol–water partition coefficient (Wildman–Crippen LogP) is 1.34. The van der Waals surface area contributed by atoms with Gasteiger partial charge in [-0.2, -0.15) is 0 Å². The summed E-state index contributed by atoms with van der Waals surface area (Å²) in [5.74, 6) is -2.45. The van der Waals surface area contributed by atoms with E-state index >= 15 is 0 Å². The van der Waals surface area contributed by atoms with E-state index in [2.05, 4.69) is 15.9 Å². The lowest BCUT2D eigenvalue weighted by Crippen LogP contribution is -2.21. The van der Waals surface area contributed by atoms with Crippen LogP contribution in [0.3, 0.4) is 0 Å². The van der Waals surface area contributed by atoms with Gasteiger partial charge in [0.2, 0.25) is 0 Å². The van der Waals surface area contributed by atoms with E-state index in [4.69, 9.17) is 5.73 Å². The second kappa shape index (κ2) is 4.87. The number of benzene rings is 1. The fraction of sp³-hybridized carbons (Fsp3) is 0.333. The van der Waals surface area contributed by atoms with Crippen molar-refractivity contribution < 1.29 is 19.0 Å². The van der Waals surface area contributed by atoms with Crippen molar-refractivity contribution in [2.45, 2.75) is 12.2 Å². The summed E-state index contributed by atoms with van der Waals surface area (Å²) in [6, 6.07) is 2.28. The van der Waals surface area contributed by atoms with Crippen molar-refractivity contribution in [2.24, 2.45) is 0 Å². The number of hydrogen-bond donors (Lipinski definition) is 3. The number of aliphatic hydroxyl groups is 2. The van der Waals surface area contributed by atoms with Crippen LogP contribution in [0.5, 0.6) is 0 Å². The lowest BCUT2D eigenvalue weighted by atomic mass is 10.0. The monoisotopic (exact) mass is 281 g/mol. The highest BCUT2D eigenvalue weighted by Gasteiger charge is 2.23. The number of aliphatic hydroxyl groups excluding tert-OH is 2. The lowest BCUT2D eigenvalue weighted by molar-refractivity contribution is 0.0316. The summed E-state index contributed by atoms with van der Waals surface area (Å²) >= 11 is 2.92. The number of nitrogen functional groups attached to an aromatic ring is 1. The molecule has 15 heavy (non-hydrogen) atoms. The normalized spacial score (nSPS) is 15.0. The average Bonchev–Trinajstić information content (AvgIpc) is 2.24. The van der Waals surface area contributed by atoms with E-state index < -0.39 is 23.8 Å². The smallest absolute Gasteiger partial charge is 0.182 e. The fourth-order valence-corrected chi connectivity index (χ4v) is 1.45. The van der Waals surface area contributed by atoms with E-state index in [-0.39, 0.29) is 16.6 Å².